The van der Waals surface area contributed by atoms with E-state index < -0.39 is 11.8 Å². The lowest BCUT2D eigenvalue weighted by Crippen LogP contribution is -2.16. The maximum Gasteiger partial charge on any atom is 0.267 e. The van der Waals surface area contributed by atoms with Gasteiger partial charge in [0.05, 0.1) is 25.1 Å². The number of hydrogen-bond donors (Lipinski definition) is 2. The van der Waals surface area contributed by atoms with Crippen molar-refractivity contribution in [2.24, 2.45) is 11.7 Å². The van der Waals surface area contributed by atoms with Gasteiger partial charge in [-0.2, -0.15) is 0 Å². The van der Waals surface area contributed by atoms with Crippen LogP contribution in [0.25, 0.3) is 16.8 Å². The van der Waals surface area contributed by atoms with E-state index in [4.69, 9.17) is 22.1 Å². The van der Waals surface area contributed by atoms with Crippen molar-refractivity contribution in [3.63, 3.8) is 0 Å². The largest absolute Gasteiger partial charge is 0.494 e. The fourth-order valence-electron chi connectivity index (χ4n) is 3.28. The summed E-state index contributed by atoms with van der Waals surface area (Å²) in [6.45, 7) is 0. The van der Waals surface area contributed by atoms with E-state index in [0.29, 0.717) is 38.6 Å². The molecule has 4 aromatic rings. The summed E-state index contributed by atoms with van der Waals surface area (Å²) in [5.41, 5.74) is 7.16. The standard InChI is InChI=1S/C22H16ClN7O3S/c1-33-16-9-25-17(23)6-12(16)14-10-30-15(20(24)31)8-26-18(30)7-13(14)21(32)27-22-29-28-19(34-22)5-4-11-2-3-11/h6-11H,2-3H2,1H3,(H2,24,31)(H,27,29,32). The number of halogens is 1. The second-order valence-electron chi connectivity index (χ2n) is 7.45. The van der Waals surface area contributed by atoms with Crippen LogP contribution in [0.4, 0.5) is 5.13 Å². The molecule has 1 aliphatic carbocycles. The predicted molar refractivity (Wildman–Crippen MR) is 126 cm³/mol. The van der Waals surface area contributed by atoms with Crippen LogP contribution in [-0.4, -0.2) is 43.5 Å². The van der Waals surface area contributed by atoms with Gasteiger partial charge in [-0.15, -0.1) is 10.2 Å². The second kappa shape index (κ2) is 8.74. The van der Waals surface area contributed by atoms with Gasteiger partial charge in [-0.3, -0.25) is 19.3 Å². The van der Waals surface area contributed by atoms with Crippen molar-refractivity contribution in [1.29, 1.82) is 0 Å². The number of primary amides is 1. The lowest BCUT2D eigenvalue weighted by atomic mass is 10.0. The van der Waals surface area contributed by atoms with Gasteiger partial charge in [-0.1, -0.05) is 28.9 Å². The zero-order valence-electron chi connectivity index (χ0n) is 17.7. The van der Waals surface area contributed by atoms with E-state index in [1.54, 1.807) is 18.3 Å². The van der Waals surface area contributed by atoms with Crippen molar-refractivity contribution in [2.75, 3.05) is 12.4 Å². The first-order valence-electron chi connectivity index (χ1n) is 10.1. The summed E-state index contributed by atoms with van der Waals surface area (Å²) >= 11 is 7.32. The van der Waals surface area contributed by atoms with Crippen LogP contribution in [0.5, 0.6) is 5.75 Å². The molecule has 10 nitrogen and oxygen atoms in total. The number of imidazole rings is 1. The number of methoxy groups -OCH3 is 1. The zero-order valence-corrected chi connectivity index (χ0v) is 19.3. The van der Waals surface area contributed by atoms with Gasteiger partial charge in [0.2, 0.25) is 5.13 Å². The van der Waals surface area contributed by atoms with E-state index in [2.05, 4.69) is 37.3 Å². The van der Waals surface area contributed by atoms with Crippen LogP contribution in [0, 0.1) is 17.8 Å². The van der Waals surface area contributed by atoms with Gasteiger partial charge in [0.25, 0.3) is 11.8 Å². The molecule has 0 bridgehead atoms. The van der Waals surface area contributed by atoms with Gasteiger partial charge in [-0.05, 0) is 30.9 Å². The molecule has 0 unspecified atom stereocenters. The fraction of sp³-hybridized carbons (Fsp3) is 0.182. The van der Waals surface area contributed by atoms with Gasteiger partial charge < -0.3 is 10.5 Å². The molecule has 5 rings (SSSR count). The normalized spacial score (nSPS) is 12.8. The third kappa shape index (κ3) is 4.28. The lowest BCUT2D eigenvalue weighted by molar-refractivity contribution is 0.0993. The van der Waals surface area contributed by atoms with E-state index in [0.717, 1.165) is 12.8 Å². The summed E-state index contributed by atoms with van der Waals surface area (Å²) in [4.78, 5) is 33.4. The minimum Gasteiger partial charge on any atom is -0.494 e. The highest BCUT2D eigenvalue weighted by Gasteiger charge is 2.22. The van der Waals surface area contributed by atoms with Crippen molar-refractivity contribution in [3.05, 3.63) is 52.1 Å². The Balaban J connectivity index is 1.59. The van der Waals surface area contributed by atoms with E-state index in [1.807, 2.05) is 0 Å². The number of hydrogen-bond acceptors (Lipinski definition) is 8. The SMILES string of the molecule is COc1cnc(Cl)cc1-c1cn2c(C(N)=O)cnc2cc1C(=O)Nc1nnc(C#CC2CC2)s1. The monoisotopic (exact) mass is 493 g/mol. The first-order chi connectivity index (χ1) is 16.4. The Hall–Kier alpha value is -4.01. The number of aromatic nitrogens is 5. The molecule has 1 saturated carbocycles. The van der Waals surface area contributed by atoms with E-state index >= 15 is 0 Å². The highest BCUT2D eigenvalue weighted by atomic mass is 35.5. The molecule has 0 radical (unpaired) electrons. The number of pyridine rings is 2. The third-order valence-electron chi connectivity index (χ3n) is 5.09. The lowest BCUT2D eigenvalue weighted by Gasteiger charge is -2.14. The average Bonchev–Trinajstić information content (AvgIpc) is 3.39. The van der Waals surface area contributed by atoms with Crippen LogP contribution in [0.2, 0.25) is 5.15 Å². The number of carbonyl (C=O) groups excluding carboxylic acids is 2. The van der Waals surface area contributed by atoms with Gasteiger partial charge >= 0.3 is 0 Å². The smallest absolute Gasteiger partial charge is 0.267 e. The minimum atomic E-state index is -0.663. The van der Waals surface area contributed by atoms with Crippen molar-refractivity contribution < 1.29 is 14.3 Å². The topological polar surface area (TPSA) is 137 Å². The molecule has 0 aromatic carbocycles. The first-order valence-corrected chi connectivity index (χ1v) is 11.3. The van der Waals surface area contributed by atoms with Gasteiger partial charge in [-0.25, -0.2) is 9.97 Å². The highest BCUT2D eigenvalue weighted by Crippen LogP contribution is 2.35. The van der Waals surface area contributed by atoms with Crippen molar-refractivity contribution in [2.45, 2.75) is 12.8 Å². The van der Waals surface area contributed by atoms with E-state index in [1.165, 1.54) is 35.2 Å². The van der Waals surface area contributed by atoms with Crippen LogP contribution in [-0.2, 0) is 0 Å². The third-order valence-corrected chi connectivity index (χ3v) is 6.06. The van der Waals surface area contributed by atoms with Crippen LogP contribution in [0.3, 0.4) is 0 Å². The number of rotatable bonds is 5. The molecule has 4 aromatic heterocycles. The Bertz CT molecular complexity index is 1510. The summed E-state index contributed by atoms with van der Waals surface area (Å²) in [5, 5.41) is 11.8. The highest BCUT2D eigenvalue weighted by molar-refractivity contribution is 7.15. The van der Waals surface area contributed by atoms with Crippen molar-refractivity contribution in [1.82, 2.24) is 24.6 Å². The Morgan fingerprint density at radius 1 is 1.24 bits per heavy atom. The summed E-state index contributed by atoms with van der Waals surface area (Å²) in [5.74, 6) is 5.78. The van der Waals surface area contributed by atoms with Crippen molar-refractivity contribution in [3.8, 4) is 28.7 Å². The van der Waals surface area contributed by atoms with Crippen LogP contribution >= 0.6 is 22.9 Å². The van der Waals surface area contributed by atoms with Crippen LogP contribution in [0.1, 0.15) is 38.7 Å². The number of anilines is 1. The molecule has 2 amide bonds. The quantitative estimate of drug-likeness (QED) is 0.322. The van der Waals surface area contributed by atoms with Crippen LogP contribution in [0.15, 0.2) is 30.7 Å². The van der Waals surface area contributed by atoms with E-state index in [-0.39, 0.29) is 16.4 Å². The molecule has 3 N–H and O–H groups in total. The van der Waals surface area contributed by atoms with Gasteiger partial charge in [0.1, 0.15) is 22.2 Å². The number of fused-ring (bicyclic) bond motifs is 1. The van der Waals surface area contributed by atoms with Gasteiger partial charge in [0.15, 0.2) is 5.01 Å². The molecule has 1 aliphatic rings. The number of nitrogens with two attached hydrogens (primary N) is 1. The molecular weight excluding hydrogens is 478 g/mol. The summed E-state index contributed by atoms with van der Waals surface area (Å²) in [6.07, 6.45) is 6.58. The summed E-state index contributed by atoms with van der Waals surface area (Å²) in [6, 6.07) is 3.11. The maximum absolute atomic E-state index is 13.3. The summed E-state index contributed by atoms with van der Waals surface area (Å²) in [7, 11) is 1.48. The predicted octanol–water partition coefficient (Wildman–Crippen LogP) is 3.02. The fourth-order valence-corrected chi connectivity index (χ4v) is 4.04. The van der Waals surface area contributed by atoms with E-state index in [9.17, 15) is 9.59 Å². The molecule has 0 aliphatic heterocycles. The maximum atomic E-state index is 13.3. The Kier molecular flexibility index (Phi) is 5.61. The Labute approximate surface area is 202 Å². The molecular formula is C22H16ClN7O3S. The molecule has 1 fully saturated rings. The van der Waals surface area contributed by atoms with Crippen LogP contribution < -0.4 is 15.8 Å². The number of ether oxygens (including phenoxy) is 1. The Morgan fingerprint density at radius 3 is 2.79 bits per heavy atom. The van der Waals surface area contributed by atoms with Gasteiger partial charge in [0, 0.05) is 23.2 Å². The zero-order chi connectivity index (χ0) is 23.8. The Morgan fingerprint density at radius 2 is 2.06 bits per heavy atom. The second-order valence-corrected chi connectivity index (χ2v) is 8.82. The molecule has 0 spiro atoms. The molecule has 0 atom stereocenters. The number of nitrogens with one attached hydrogen (secondary N) is 1. The molecule has 12 heteroatoms. The first kappa shape index (κ1) is 21.8. The minimum absolute atomic E-state index is 0.158. The molecule has 4 heterocycles. The molecule has 0 saturated heterocycles. The average molecular weight is 494 g/mol. The summed E-state index contributed by atoms with van der Waals surface area (Å²) < 4.78 is 6.93. The molecule has 170 valence electrons. The number of nitrogens with zero attached hydrogens (tertiary/aromatic N) is 5. The number of amides is 2. The number of carbonyl (C=O) groups is 2. The van der Waals surface area contributed by atoms with Crippen molar-refractivity contribution >= 4 is 45.5 Å². The molecule has 34 heavy (non-hydrogen) atoms.